The van der Waals surface area contributed by atoms with Crippen molar-refractivity contribution in [2.24, 2.45) is 0 Å². The van der Waals surface area contributed by atoms with Crippen LogP contribution in [-0.2, 0) is 6.54 Å². The Kier molecular flexibility index (Phi) is 6.38. The molecule has 0 spiro atoms. The lowest BCUT2D eigenvalue weighted by Gasteiger charge is -2.23. The second-order valence-electron chi connectivity index (χ2n) is 8.42. The molecule has 0 fully saturated rings. The van der Waals surface area contributed by atoms with Gasteiger partial charge in [0.1, 0.15) is 17.5 Å². The van der Waals surface area contributed by atoms with Crippen LogP contribution in [0.4, 0.5) is 17.5 Å². The maximum Gasteiger partial charge on any atom is 0.262 e. The zero-order chi connectivity index (χ0) is 21.9. The van der Waals surface area contributed by atoms with E-state index in [2.05, 4.69) is 20.6 Å². The third kappa shape index (κ3) is 4.95. The Morgan fingerprint density at radius 2 is 1.93 bits per heavy atom. The van der Waals surface area contributed by atoms with E-state index in [-0.39, 0.29) is 36.8 Å². The molecule has 3 rings (SSSR count). The Labute approximate surface area is 175 Å². The average molecular weight is 412 g/mol. The number of aliphatic hydroxyl groups excluding tert-OH is 2. The van der Waals surface area contributed by atoms with Crippen molar-refractivity contribution in [3.8, 4) is 0 Å². The standard InChI is InChI=1S/C22H29N5O3/c1-14(13-29)15-5-7-23-17(11-15)24-18-12-16-6-8-27(9-10-28)21(30)19(16)20(25-18)26-22(2,3)4/h5-8,11-12,14,28-29H,9-10,13H2,1-4H3,(H2,23,24,25,26). The fourth-order valence-corrected chi connectivity index (χ4v) is 3.15. The van der Waals surface area contributed by atoms with Gasteiger partial charge in [0.25, 0.3) is 5.56 Å². The van der Waals surface area contributed by atoms with Crippen LogP contribution in [0.5, 0.6) is 0 Å². The Morgan fingerprint density at radius 3 is 2.60 bits per heavy atom. The first-order valence-corrected chi connectivity index (χ1v) is 9.99. The molecule has 4 N–H and O–H groups in total. The third-order valence-electron chi connectivity index (χ3n) is 4.68. The van der Waals surface area contributed by atoms with Crippen molar-refractivity contribution in [1.29, 1.82) is 0 Å². The molecule has 0 bridgehead atoms. The first kappa shape index (κ1) is 21.7. The highest BCUT2D eigenvalue weighted by atomic mass is 16.3. The molecule has 8 heteroatoms. The Bertz CT molecular complexity index is 1090. The molecular formula is C22H29N5O3. The number of fused-ring (bicyclic) bond motifs is 1. The molecule has 0 aliphatic rings. The topological polar surface area (TPSA) is 112 Å². The summed E-state index contributed by atoms with van der Waals surface area (Å²) in [5.41, 5.74) is 0.456. The van der Waals surface area contributed by atoms with E-state index in [0.29, 0.717) is 22.8 Å². The summed E-state index contributed by atoms with van der Waals surface area (Å²) >= 11 is 0. The predicted molar refractivity (Wildman–Crippen MR) is 119 cm³/mol. The van der Waals surface area contributed by atoms with Gasteiger partial charge in [-0.3, -0.25) is 4.79 Å². The van der Waals surface area contributed by atoms with Crippen LogP contribution in [0.2, 0.25) is 0 Å². The lowest BCUT2D eigenvalue weighted by molar-refractivity contribution is 0.273. The van der Waals surface area contributed by atoms with Crippen LogP contribution in [0.15, 0.2) is 41.5 Å². The van der Waals surface area contributed by atoms with Gasteiger partial charge in [-0.25, -0.2) is 9.97 Å². The van der Waals surface area contributed by atoms with Crippen LogP contribution in [-0.4, -0.2) is 43.5 Å². The van der Waals surface area contributed by atoms with Crippen LogP contribution >= 0.6 is 0 Å². The zero-order valence-corrected chi connectivity index (χ0v) is 17.8. The number of anilines is 3. The van der Waals surface area contributed by atoms with Crippen LogP contribution < -0.4 is 16.2 Å². The number of aromatic nitrogens is 3. The van der Waals surface area contributed by atoms with E-state index in [1.165, 1.54) is 4.57 Å². The van der Waals surface area contributed by atoms with Crippen molar-refractivity contribution >= 4 is 28.2 Å². The maximum absolute atomic E-state index is 13.0. The van der Waals surface area contributed by atoms with Crippen molar-refractivity contribution in [2.75, 3.05) is 23.8 Å². The number of pyridine rings is 3. The van der Waals surface area contributed by atoms with Crippen LogP contribution in [0.3, 0.4) is 0 Å². The van der Waals surface area contributed by atoms with Gasteiger partial charge in [0.05, 0.1) is 12.0 Å². The van der Waals surface area contributed by atoms with Gasteiger partial charge in [0.15, 0.2) is 0 Å². The fraction of sp³-hybridized carbons (Fsp3) is 0.409. The lowest BCUT2D eigenvalue weighted by Crippen LogP contribution is -2.29. The minimum Gasteiger partial charge on any atom is -0.396 e. The molecule has 3 aromatic heterocycles. The molecule has 1 unspecified atom stereocenters. The summed E-state index contributed by atoms with van der Waals surface area (Å²) in [6.45, 7) is 8.09. The zero-order valence-electron chi connectivity index (χ0n) is 17.8. The minimum atomic E-state index is -0.308. The molecule has 0 saturated carbocycles. The van der Waals surface area contributed by atoms with Gasteiger partial charge in [-0.1, -0.05) is 6.92 Å². The van der Waals surface area contributed by atoms with Gasteiger partial charge in [0.2, 0.25) is 0 Å². The molecule has 0 radical (unpaired) electrons. The number of aliphatic hydroxyl groups is 2. The van der Waals surface area contributed by atoms with Crippen molar-refractivity contribution in [2.45, 2.75) is 45.7 Å². The SMILES string of the molecule is CC(CO)c1ccnc(Nc2cc3ccn(CCO)c(=O)c3c(NC(C)(C)C)n2)c1. The molecular weight excluding hydrogens is 382 g/mol. The largest absolute Gasteiger partial charge is 0.396 e. The number of hydrogen-bond donors (Lipinski definition) is 4. The van der Waals surface area contributed by atoms with Gasteiger partial charge in [-0.2, -0.15) is 0 Å². The Balaban J connectivity index is 2.08. The lowest BCUT2D eigenvalue weighted by atomic mass is 10.0. The van der Waals surface area contributed by atoms with Crippen molar-refractivity contribution in [3.05, 3.63) is 52.6 Å². The van der Waals surface area contributed by atoms with Gasteiger partial charge in [0, 0.05) is 37.0 Å². The number of nitrogens with one attached hydrogen (secondary N) is 2. The van der Waals surface area contributed by atoms with Gasteiger partial charge in [-0.15, -0.1) is 0 Å². The molecule has 0 aromatic carbocycles. The summed E-state index contributed by atoms with van der Waals surface area (Å²) in [4.78, 5) is 22.0. The molecule has 0 aliphatic carbocycles. The van der Waals surface area contributed by atoms with Gasteiger partial charge < -0.3 is 25.4 Å². The highest BCUT2D eigenvalue weighted by molar-refractivity contribution is 5.93. The van der Waals surface area contributed by atoms with Crippen molar-refractivity contribution < 1.29 is 10.2 Å². The fourth-order valence-electron chi connectivity index (χ4n) is 3.15. The van der Waals surface area contributed by atoms with E-state index in [0.717, 1.165) is 10.9 Å². The molecule has 0 amide bonds. The summed E-state index contributed by atoms with van der Waals surface area (Å²) in [6, 6.07) is 7.39. The number of rotatable bonds is 7. The van der Waals surface area contributed by atoms with Crippen LogP contribution in [0, 0.1) is 0 Å². The molecule has 0 saturated heterocycles. The molecule has 160 valence electrons. The monoisotopic (exact) mass is 411 g/mol. The summed E-state index contributed by atoms with van der Waals surface area (Å²) < 4.78 is 1.48. The quantitative estimate of drug-likeness (QED) is 0.473. The molecule has 3 heterocycles. The Hall–Kier alpha value is -2.97. The van der Waals surface area contributed by atoms with Crippen molar-refractivity contribution in [3.63, 3.8) is 0 Å². The van der Waals surface area contributed by atoms with Gasteiger partial charge >= 0.3 is 0 Å². The molecule has 3 aromatic rings. The highest BCUT2D eigenvalue weighted by Crippen LogP contribution is 2.26. The average Bonchev–Trinajstić information content (AvgIpc) is 2.68. The number of hydrogen-bond acceptors (Lipinski definition) is 7. The van der Waals surface area contributed by atoms with Crippen molar-refractivity contribution in [1.82, 2.24) is 14.5 Å². The molecule has 30 heavy (non-hydrogen) atoms. The van der Waals surface area contributed by atoms with E-state index in [9.17, 15) is 15.0 Å². The minimum absolute atomic E-state index is 0.00113. The molecule has 0 aliphatic heterocycles. The van der Waals surface area contributed by atoms with E-state index >= 15 is 0 Å². The second kappa shape index (κ2) is 8.81. The summed E-state index contributed by atoms with van der Waals surface area (Å²) in [5, 5.41) is 26.4. The molecule has 1 atom stereocenters. The summed E-state index contributed by atoms with van der Waals surface area (Å²) in [7, 11) is 0. The van der Waals surface area contributed by atoms with Gasteiger partial charge in [-0.05, 0) is 56.0 Å². The number of nitrogens with zero attached hydrogens (tertiary/aromatic N) is 3. The third-order valence-corrected chi connectivity index (χ3v) is 4.68. The highest BCUT2D eigenvalue weighted by Gasteiger charge is 2.17. The second-order valence-corrected chi connectivity index (χ2v) is 8.42. The van der Waals surface area contributed by atoms with Crippen LogP contribution in [0.25, 0.3) is 10.8 Å². The van der Waals surface area contributed by atoms with E-state index in [1.807, 2.05) is 45.9 Å². The maximum atomic E-state index is 13.0. The van der Waals surface area contributed by atoms with E-state index in [1.54, 1.807) is 18.5 Å². The summed E-state index contributed by atoms with van der Waals surface area (Å²) in [6.07, 6.45) is 3.36. The summed E-state index contributed by atoms with van der Waals surface area (Å²) in [5.74, 6) is 1.63. The Morgan fingerprint density at radius 1 is 1.17 bits per heavy atom. The normalized spacial score (nSPS) is 12.7. The van der Waals surface area contributed by atoms with E-state index < -0.39 is 0 Å². The first-order valence-electron chi connectivity index (χ1n) is 9.99. The smallest absolute Gasteiger partial charge is 0.262 e. The first-order chi connectivity index (χ1) is 14.2. The molecule has 8 nitrogen and oxygen atoms in total. The van der Waals surface area contributed by atoms with Crippen LogP contribution in [0.1, 0.15) is 39.2 Å². The predicted octanol–water partition coefficient (Wildman–Crippen LogP) is 2.83. The van der Waals surface area contributed by atoms with E-state index in [4.69, 9.17) is 0 Å².